The Balaban J connectivity index is 1.29. The van der Waals surface area contributed by atoms with Crippen LogP contribution in [0.5, 0.6) is 0 Å². The van der Waals surface area contributed by atoms with Crippen LogP contribution >= 0.6 is 0 Å². The Hall–Kier alpha value is -3.44. The Morgan fingerprint density at radius 2 is 1.76 bits per heavy atom. The average Bonchev–Trinajstić information content (AvgIpc) is 3.47. The summed E-state index contributed by atoms with van der Waals surface area (Å²) in [4.78, 5) is 17.6. The molecule has 1 aromatic carbocycles. The van der Waals surface area contributed by atoms with Gasteiger partial charge < -0.3 is 19.7 Å². The van der Waals surface area contributed by atoms with E-state index in [0.29, 0.717) is 23.7 Å². The van der Waals surface area contributed by atoms with Crippen LogP contribution in [0.4, 0.5) is 17.3 Å². The van der Waals surface area contributed by atoms with Crippen molar-refractivity contribution in [2.75, 3.05) is 30.4 Å². The van der Waals surface area contributed by atoms with Crippen molar-refractivity contribution in [2.24, 2.45) is 0 Å². The molecule has 2 fully saturated rings. The molecule has 2 aromatic heterocycles. The number of aromatic nitrogens is 4. The zero-order chi connectivity index (χ0) is 19.8. The van der Waals surface area contributed by atoms with Crippen LogP contribution in [0.25, 0.3) is 5.69 Å². The number of likely N-dealkylation sites (tertiary alicyclic amines) is 1. The smallest absolute Gasteiger partial charge is 0.158 e. The van der Waals surface area contributed by atoms with Crippen LogP contribution in [-0.2, 0) is 0 Å². The summed E-state index contributed by atoms with van der Waals surface area (Å²) in [6, 6.07) is 12.0. The summed E-state index contributed by atoms with van der Waals surface area (Å²) in [5.41, 5.74) is 2.64. The van der Waals surface area contributed by atoms with Crippen molar-refractivity contribution in [2.45, 2.75) is 24.9 Å². The van der Waals surface area contributed by atoms with Crippen LogP contribution in [-0.4, -0.2) is 56.6 Å². The van der Waals surface area contributed by atoms with Crippen LogP contribution in [0.2, 0.25) is 0 Å². The van der Waals surface area contributed by atoms with Crippen LogP contribution in [0.3, 0.4) is 0 Å². The highest BCUT2D eigenvalue weighted by Crippen LogP contribution is 2.34. The molecular weight excluding hydrogens is 364 g/mol. The number of nitriles is 1. The van der Waals surface area contributed by atoms with E-state index >= 15 is 0 Å². The Morgan fingerprint density at radius 3 is 2.52 bits per heavy atom. The fourth-order valence-electron chi connectivity index (χ4n) is 4.45. The number of nitrogens with zero attached hydrogens (tertiary/aromatic N) is 7. The van der Waals surface area contributed by atoms with Crippen molar-refractivity contribution in [1.29, 1.82) is 5.26 Å². The minimum absolute atomic E-state index is 0.287. The lowest BCUT2D eigenvalue weighted by atomic mass is 10.1. The van der Waals surface area contributed by atoms with Crippen LogP contribution in [0.15, 0.2) is 49.2 Å². The third-order valence-corrected chi connectivity index (χ3v) is 5.94. The van der Waals surface area contributed by atoms with Gasteiger partial charge in [0.1, 0.15) is 24.0 Å². The summed E-state index contributed by atoms with van der Waals surface area (Å²) in [6.07, 6.45) is 9.13. The second-order valence-corrected chi connectivity index (χ2v) is 7.59. The number of hydrogen-bond acceptors (Lipinski definition) is 7. The molecule has 1 N–H and O–H groups in total. The molecule has 2 aliphatic heterocycles. The minimum atomic E-state index is 0.287. The molecule has 3 aromatic rings. The van der Waals surface area contributed by atoms with Gasteiger partial charge >= 0.3 is 0 Å². The van der Waals surface area contributed by atoms with Gasteiger partial charge in [-0.2, -0.15) is 5.26 Å². The molecule has 2 aliphatic rings. The quantitative estimate of drug-likeness (QED) is 0.737. The molecule has 8 nitrogen and oxygen atoms in total. The highest BCUT2D eigenvalue weighted by atomic mass is 15.3. The summed E-state index contributed by atoms with van der Waals surface area (Å²) in [6.45, 7) is 2.32. The third-order valence-electron chi connectivity index (χ3n) is 5.94. The van der Waals surface area contributed by atoms with Crippen LogP contribution in [0, 0.1) is 11.3 Å². The number of benzene rings is 1. The number of nitrogens with one attached hydrogen (secondary N) is 1. The van der Waals surface area contributed by atoms with Gasteiger partial charge in [-0.25, -0.2) is 15.0 Å². The molecule has 0 bridgehead atoms. The number of fused-ring (bicyclic) bond motifs is 1. The lowest BCUT2D eigenvalue weighted by Crippen LogP contribution is -2.34. The van der Waals surface area contributed by atoms with E-state index < -0.39 is 0 Å². The van der Waals surface area contributed by atoms with Gasteiger partial charge in [0.25, 0.3) is 0 Å². The summed E-state index contributed by atoms with van der Waals surface area (Å²) in [7, 11) is 2.24. The fraction of sp³-hybridized carbons (Fsp3) is 0.333. The first kappa shape index (κ1) is 17.6. The largest absolute Gasteiger partial charge is 0.367 e. The van der Waals surface area contributed by atoms with Gasteiger partial charge in [-0.05, 0) is 44.2 Å². The Morgan fingerprint density at radius 1 is 0.966 bits per heavy atom. The predicted molar refractivity (Wildman–Crippen MR) is 110 cm³/mol. The molecule has 0 amide bonds. The topological polar surface area (TPSA) is 85.9 Å². The maximum absolute atomic E-state index is 8.80. The predicted octanol–water partition coefficient (Wildman–Crippen LogP) is 2.56. The molecule has 5 rings (SSSR count). The fourth-order valence-corrected chi connectivity index (χ4v) is 4.45. The van der Waals surface area contributed by atoms with Crippen molar-refractivity contribution in [3.8, 4) is 11.8 Å². The monoisotopic (exact) mass is 386 g/mol. The van der Waals surface area contributed by atoms with E-state index in [-0.39, 0.29) is 5.69 Å². The first-order valence-electron chi connectivity index (χ1n) is 9.82. The Labute approximate surface area is 169 Å². The standard InChI is InChI=1S/C21H22N8/c1-27-8-6-19-18(27)7-9-29(19)17-4-2-16(3-5-17)28-13-21(25-14-28)26-20-12-23-15(10-22)11-24-20/h2-5,11-14,18-19H,6-9H2,1H3,(H,24,26)/t18-,19-/m1/s1. The SMILES string of the molecule is CN1CC[C@@H]2[C@H]1CCN2c1ccc(-n2cnc(Nc3cnc(C#N)cn3)c2)cc1. The maximum Gasteiger partial charge on any atom is 0.158 e. The summed E-state index contributed by atoms with van der Waals surface area (Å²) in [5.74, 6) is 1.22. The number of rotatable bonds is 4. The molecule has 2 atom stereocenters. The number of imidazole rings is 1. The lowest BCUT2D eigenvalue weighted by Gasteiger charge is -2.26. The van der Waals surface area contributed by atoms with Gasteiger partial charge in [0.15, 0.2) is 5.69 Å². The molecule has 0 radical (unpaired) electrons. The first-order valence-corrected chi connectivity index (χ1v) is 9.82. The molecule has 0 unspecified atom stereocenters. The minimum Gasteiger partial charge on any atom is -0.367 e. The zero-order valence-electron chi connectivity index (χ0n) is 16.2. The van der Waals surface area contributed by atoms with Gasteiger partial charge in [0.05, 0.1) is 18.6 Å². The molecule has 0 spiro atoms. The number of likely N-dealkylation sites (N-methyl/N-ethyl adjacent to an activating group) is 1. The third kappa shape index (κ3) is 3.30. The normalized spacial score (nSPS) is 21.2. The summed E-state index contributed by atoms with van der Waals surface area (Å²) in [5, 5.41) is 11.9. The van der Waals surface area contributed by atoms with Gasteiger partial charge in [-0.15, -0.1) is 0 Å². The van der Waals surface area contributed by atoms with E-state index in [1.807, 2.05) is 16.8 Å². The van der Waals surface area contributed by atoms with Crippen molar-refractivity contribution < 1.29 is 0 Å². The number of anilines is 3. The van der Waals surface area contributed by atoms with Crippen molar-refractivity contribution in [3.63, 3.8) is 0 Å². The van der Waals surface area contributed by atoms with Crippen LogP contribution < -0.4 is 10.2 Å². The Kier molecular flexibility index (Phi) is 4.37. The second kappa shape index (κ2) is 7.18. The van der Waals surface area contributed by atoms with Crippen molar-refractivity contribution in [1.82, 2.24) is 24.4 Å². The van der Waals surface area contributed by atoms with E-state index in [2.05, 4.69) is 61.4 Å². The van der Waals surface area contributed by atoms with E-state index in [1.54, 1.807) is 6.33 Å². The van der Waals surface area contributed by atoms with Crippen LogP contribution in [0.1, 0.15) is 18.5 Å². The molecule has 0 aliphatic carbocycles. The second-order valence-electron chi connectivity index (χ2n) is 7.59. The highest BCUT2D eigenvalue weighted by molar-refractivity contribution is 5.55. The molecule has 146 valence electrons. The highest BCUT2D eigenvalue weighted by Gasteiger charge is 2.40. The van der Waals surface area contributed by atoms with Gasteiger partial charge in [-0.1, -0.05) is 0 Å². The van der Waals surface area contributed by atoms with Crippen molar-refractivity contribution >= 4 is 17.3 Å². The van der Waals surface area contributed by atoms with Gasteiger partial charge in [0, 0.05) is 36.5 Å². The van der Waals surface area contributed by atoms with E-state index in [9.17, 15) is 0 Å². The molecular formula is C21H22N8. The van der Waals surface area contributed by atoms with Crippen molar-refractivity contribution in [3.05, 3.63) is 54.9 Å². The van der Waals surface area contributed by atoms with E-state index in [4.69, 9.17) is 5.26 Å². The average molecular weight is 386 g/mol. The molecule has 4 heterocycles. The lowest BCUT2D eigenvalue weighted by molar-refractivity contribution is 0.312. The summed E-state index contributed by atoms with van der Waals surface area (Å²) < 4.78 is 1.97. The Bertz CT molecular complexity index is 1030. The van der Waals surface area contributed by atoms with Gasteiger partial charge in [0.2, 0.25) is 0 Å². The maximum atomic E-state index is 8.80. The number of hydrogen-bond donors (Lipinski definition) is 1. The zero-order valence-corrected chi connectivity index (χ0v) is 16.2. The van der Waals surface area contributed by atoms with E-state index in [1.165, 1.54) is 37.5 Å². The molecule has 2 saturated heterocycles. The summed E-state index contributed by atoms with van der Waals surface area (Å²) >= 11 is 0. The molecule has 0 saturated carbocycles. The van der Waals surface area contributed by atoms with E-state index in [0.717, 1.165) is 12.2 Å². The molecule has 29 heavy (non-hydrogen) atoms. The first-order chi connectivity index (χ1) is 14.2. The molecule has 8 heteroatoms. The van der Waals surface area contributed by atoms with Gasteiger partial charge in [-0.3, -0.25) is 0 Å².